The van der Waals surface area contributed by atoms with Gasteiger partial charge in [-0.2, -0.15) is 0 Å². The van der Waals surface area contributed by atoms with Crippen LogP contribution in [0.4, 0.5) is 4.39 Å². The number of benzene rings is 1. The van der Waals surface area contributed by atoms with Gasteiger partial charge in [0.1, 0.15) is 11.9 Å². The Labute approximate surface area is 123 Å². The molecule has 1 atom stereocenters. The predicted octanol–water partition coefficient (Wildman–Crippen LogP) is 2.31. The number of ether oxygens (including phenoxy) is 1. The minimum atomic E-state index is -0.480. The van der Waals surface area contributed by atoms with Crippen molar-refractivity contribution in [2.24, 2.45) is 0 Å². The van der Waals surface area contributed by atoms with Crippen LogP contribution in [0.15, 0.2) is 24.3 Å². The normalized spacial score (nSPS) is 18.4. The van der Waals surface area contributed by atoms with Gasteiger partial charge in [-0.05, 0) is 43.9 Å². The zero-order chi connectivity index (χ0) is 15.2. The van der Waals surface area contributed by atoms with Crippen molar-refractivity contribution < 1.29 is 18.7 Å². The molecule has 5 heteroatoms. The fraction of sp³-hybridized carbons (Fsp3) is 0.500. The molecule has 1 aliphatic heterocycles. The molecule has 0 N–H and O–H groups in total. The molecule has 1 aromatic carbocycles. The molecule has 0 spiro atoms. The first-order valence-electron chi connectivity index (χ1n) is 7.32. The van der Waals surface area contributed by atoms with Crippen LogP contribution >= 0.6 is 0 Å². The number of rotatable bonds is 4. The van der Waals surface area contributed by atoms with E-state index in [-0.39, 0.29) is 24.1 Å². The minimum absolute atomic E-state index is 0.112. The zero-order valence-corrected chi connectivity index (χ0v) is 12.2. The highest BCUT2D eigenvalue weighted by Crippen LogP contribution is 2.19. The van der Waals surface area contributed by atoms with Gasteiger partial charge in [-0.15, -0.1) is 0 Å². The average Bonchev–Trinajstić information content (AvgIpc) is 2.50. The highest BCUT2D eigenvalue weighted by atomic mass is 19.1. The molecule has 0 aliphatic carbocycles. The van der Waals surface area contributed by atoms with Gasteiger partial charge in [0.2, 0.25) is 5.91 Å². The minimum Gasteiger partial charge on any atom is -0.464 e. The molecule has 1 saturated heterocycles. The third kappa shape index (κ3) is 4.03. The summed E-state index contributed by atoms with van der Waals surface area (Å²) in [6.07, 6.45) is 2.64. The van der Waals surface area contributed by atoms with Gasteiger partial charge in [-0.1, -0.05) is 12.1 Å². The van der Waals surface area contributed by atoms with E-state index < -0.39 is 6.04 Å². The zero-order valence-electron chi connectivity index (χ0n) is 12.2. The van der Waals surface area contributed by atoms with Crippen LogP contribution in [0.25, 0.3) is 0 Å². The first-order valence-corrected chi connectivity index (χ1v) is 7.32. The van der Waals surface area contributed by atoms with E-state index in [1.165, 1.54) is 12.1 Å². The van der Waals surface area contributed by atoms with Crippen LogP contribution in [0, 0.1) is 5.82 Å². The number of likely N-dealkylation sites (tertiary alicyclic amines) is 1. The first-order chi connectivity index (χ1) is 10.1. The monoisotopic (exact) mass is 293 g/mol. The van der Waals surface area contributed by atoms with Gasteiger partial charge in [0.25, 0.3) is 0 Å². The van der Waals surface area contributed by atoms with Crippen molar-refractivity contribution in [2.45, 2.75) is 38.6 Å². The molecule has 114 valence electrons. The Morgan fingerprint density at radius 1 is 1.29 bits per heavy atom. The Balaban J connectivity index is 2.04. The Bertz CT molecular complexity index is 501. The molecule has 2 rings (SSSR count). The standard InChI is InChI=1S/C16H20FNO3/c1-2-21-16(20)14-5-3-4-10-18(14)15(19)11-12-6-8-13(17)9-7-12/h6-9,14H,2-5,10-11H2,1H3. The van der Waals surface area contributed by atoms with Gasteiger partial charge in [0.05, 0.1) is 13.0 Å². The fourth-order valence-corrected chi connectivity index (χ4v) is 2.59. The summed E-state index contributed by atoms with van der Waals surface area (Å²) in [6.45, 7) is 2.64. The Morgan fingerprint density at radius 2 is 2.00 bits per heavy atom. The van der Waals surface area contributed by atoms with Crippen molar-refractivity contribution in [3.63, 3.8) is 0 Å². The molecular formula is C16H20FNO3. The quantitative estimate of drug-likeness (QED) is 0.800. The summed E-state index contributed by atoms with van der Waals surface area (Å²) in [5, 5.41) is 0. The fourth-order valence-electron chi connectivity index (χ4n) is 2.59. The van der Waals surface area contributed by atoms with Crippen LogP contribution in [0.1, 0.15) is 31.7 Å². The summed E-state index contributed by atoms with van der Waals surface area (Å²) >= 11 is 0. The lowest BCUT2D eigenvalue weighted by molar-refractivity contribution is -0.156. The van der Waals surface area contributed by atoms with Crippen molar-refractivity contribution in [3.05, 3.63) is 35.6 Å². The first kappa shape index (κ1) is 15.5. The molecule has 4 nitrogen and oxygen atoms in total. The number of esters is 1. The molecular weight excluding hydrogens is 273 g/mol. The molecule has 1 fully saturated rings. The molecule has 1 unspecified atom stereocenters. The lowest BCUT2D eigenvalue weighted by Crippen LogP contribution is -2.49. The van der Waals surface area contributed by atoms with Crippen LogP contribution in [-0.2, 0) is 20.7 Å². The van der Waals surface area contributed by atoms with E-state index in [0.29, 0.717) is 19.6 Å². The number of carbonyl (C=O) groups excluding carboxylic acids is 2. The van der Waals surface area contributed by atoms with Crippen LogP contribution < -0.4 is 0 Å². The van der Waals surface area contributed by atoms with Crippen molar-refractivity contribution in [3.8, 4) is 0 Å². The highest BCUT2D eigenvalue weighted by Gasteiger charge is 2.32. The highest BCUT2D eigenvalue weighted by molar-refractivity contribution is 5.86. The molecule has 21 heavy (non-hydrogen) atoms. The molecule has 1 heterocycles. The van der Waals surface area contributed by atoms with Crippen molar-refractivity contribution in [2.75, 3.05) is 13.2 Å². The van der Waals surface area contributed by atoms with Crippen molar-refractivity contribution in [1.82, 2.24) is 4.90 Å². The van der Waals surface area contributed by atoms with E-state index >= 15 is 0 Å². The second-order valence-corrected chi connectivity index (χ2v) is 5.15. The van der Waals surface area contributed by atoms with Gasteiger partial charge in [0.15, 0.2) is 0 Å². The molecule has 1 aliphatic rings. The summed E-state index contributed by atoms with van der Waals surface area (Å²) in [7, 11) is 0. The molecule has 0 bridgehead atoms. The van der Waals surface area contributed by atoms with Gasteiger partial charge >= 0.3 is 5.97 Å². The Morgan fingerprint density at radius 3 is 2.67 bits per heavy atom. The average molecular weight is 293 g/mol. The van der Waals surface area contributed by atoms with Crippen molar-refractivity contribution in [1.29, 1.82) is 0 Å². The summed E-state index contributed by atoms with van der Waals surface area (Å²) in [6, 6.07) is 5.38. The van der Waals surface area contributed by atoms with E-state index in [4.69, 9.17) is 4.74 Å². The van der Waals surface area contributed by atoms with Crippen LogP contribution in [-0.4, -0.2) is 36.0 Å². The summed E-state index contributed by atoms with van der Waals surface area (Å²) in [5.41, 5.74) is 0.745. The van der Waals surface area contributed by atoms with Gasteiger partial charge in [-0.3, -0.25) is 4.79 Å². The molecule has 0 aromatic heterocycles. The lowest BCUT2D eigenvalue weighted by Gasteiger charge is -2.34. The van der Waals surface area contributed by atoms with Crippen LogP contribution in [0.5, 0.6) is 0 Å². The predicted molar refractivity (Wildman–Crippen MR) is 76.1 cm³/mol. The second kappa shape index (κ2) is 7.20. The van der Waals surface area contributed by atoms with E-state index in [1.54, 1.807) is 24.0 Å². The summed E-state index contributed by atoms with van der Waals surface area (Å²) < 4.78 is 17.9. The van der Waals surface area contributed by atoms with E-state index in [1.807, 2.05) is 0 Å². The third-order valence-corrected chi connectivity index (χ3v) is 3.65. The topological polar surface area (TPSA) is 46.6 Å². The van der Waals surface area contributed by atoms with Gasteiger partial charge in [-0.25, -0.2) is 9.18 Å². The summed E-state index contributed by atoms with van der Waals surface area (Å²) in [4.78, 5) is 25.9. The smallest absolute Gasteiger partial charge is 0.328 e. The number of amides is 1. The van der Waals surface area contributed by atoms with Gasteiger partial charge in [0, 0.05) is 6.54 Å². The number of carbonyl (C=O) groups is 2. The Kier molecular flexibility index (Phi) is 5.31. The SMILES string of the molecule is CCOC(=O)C1CCCCN1C(=O)Cc1ccc(F)cc1. The van der Waals surface area contributed by atoms with Crippen LogP contribution in [0.3, 0.4) is 0 Å². The molecule has 1 aromatic rings. The maximum absolute atomic E-state index is 12.9. The van der Waals surface area contributed by atoms with E-state index in [9.17, 15) is 14.0 Å². The number of nitrogens with zero attached hydrogens (tertiary/aromatic N) is 1. The maximum atomic E-state index is 12.9. The molecule has 0 radical (unpaired) electrons. The van der Waals surface area contributed by atoms with Crippen LogP contribution in [0.2, 0.25) is 0 Å². The second-order valence-electron chi connectivity index (χ2n) is 5.15. The lowest BCUT2D eigenvalue weighted by atomic mass is 10.0. The van der Waals surface area contributed by atoms with Gasteiger partial charge < -0.3 is 9.64 Å². The van der Waals surface area contributed by atoms with E-state index in [0.717, 1.165) is 18.4 Å². The maximum Gasteiger partial charge on any atom is 0.328 e. The number of halogens is 1. The third-order valence-electron chi connectivity index (χ3n) is 3.65. The molecule has 1 amide bonds. The molecule has 0 saturated carbocycles. The van der Waals surface area contributed by atoms with Crippen molar-refractivity contribution >= 4 is 11.9 Å². The number of hydrogen-bond donors (Lipinski definition) is 0. The largest absolute Gasteiger partial charge is 0.464 e. The summed E-state index contributed by atoms with van der Waals surface area (Å²) in [5.74, 6) is -0.766. The Hall–Kier alpha value is -1.91. The number of hydrogen-bond acceptors (Lipinski definition) is 3. The van der Waals surface area contributed by atoms with E-state index in [2.05, 4.69) is 0 Å². The number of piperidine rings is 1.